The minimum Gasteiger partial charge on any atom is -0.508 e. The monoisotopic (exact) mass is 250 g/mol. The highest BCUT2D eigenvalue weighted by molar-refractivity contribution is 5.90. The van der Waals surface area contributed by atoms with Crippen LogP contribution >= 0.6 is 0 Å². The summed E-state index contributed by atoms with van der Waals surface area (Å²) >= 11 is 0. The lowest BCUT2D eigenvalue weighted by Crippen LogP contribution is -1.96. The molecule has 0 saturated heterocycles. The highest BCUT2D eigenvalue weighted by Gasteiger charge is 2.09. The smallest absolute Gasteiger partial charge is 0.335 e. The first kappa shape index (κ1) is 12.0. The SMILES string of the molecule is O=C(O)c1cc(O)cc(-c2cc(F)cc(F)c2)c1. The molecule has 3 nitrogen and oxygen atoms in total. The van der Waals surface area contributed by atoms with Gasteiger partial charge in [0.25, 0.3) is 0 Å². The number of carboxylic acid groups (broad SMARTS) is 1. The van der Waals surface area contributed by atoms with Crippen LogP contribution in [0.2, 0.25) is 0 Å². The van der Waals surface area contributed by atoms with Gasteiger partial charge in [0.2, 0.25) is 0 Å². The average molecular weight is 250 g/mol. The summed E-state index contributed by atoms with van der Waals surface area (Å²) in [6.45, 7) is 0. The first-order valence-corrected chi connectivity index (χ1v) is 4.99. The number of halogens is 2. The van der Waals surface area contributed by atoms with Crippen molar-refractivity contribution in [2.24, 2.45) is 0 Å². The van der Waals surface area contributed by atoms with Gasteiger partial charge in [0, 0.05) is 6.07 Å². The standard InChI is InChI=1S/C13H8F2O3/c14-10-2-8(3-11(15)6-10)7-1-9(13(17)18)5-12(16)4-7/h1-6,16H,(H,17,18). The predicted octanol–water partition coefficient (Wildman–Crippen LogP) is 3.04. The minimum atomic E-state index is -1.23. The molecule has 0 radical (unpaired) electrons. The molecular formula is C13H8F2O3. The number of aromatic hydroxyl groups is 1. The summed E-state index contributed by atoms with van der Waals surface area (Å²) in [5, 5.41) is 18.2. The topological polar surface area (TPSA) is 57.5 Å². The Balaban J connectivity index is 2.59. The van der Waals surface area contributed by atoms with Gasteiger partial charge in [0.15, 0.2) is 0 Å². The summed E-state index contributed by atoms with van der Waals surface area (Å²) in [5.41, 5.74) is 0.228. The number of benzene rings is 2. The largest absolute Gasteiger partial charge is 0.508 e. The van der Waals surface area contributed by atoms with E-state index in [1.54, 1.807) is 0 Å². The van der Waals surface area contributed by atoms with Gasteiger partial charge in [0.1, 0.15) is 17.4 Å². The van der Waals surface area contributed by atoms with Crippen LogP contribution in [0.5, 0.6) is 5.75 Å². The van der Waals surface area contributed by atoms with Crippen LogP contribution in [0.25, 0.3) is 11.1 Å². The molecule has 0 aliphatic heterocycles. The van der Waals surface area contributed by atoms with E-state index in [9.17, 15) is 18.7 Å². The normalized spacial score (nSPS) is 10.3. The third-order valence-corrected chi connectivity index (χ3v) is 2.36. The fourth-order valence-corrected chi connectivity index (χ4v) is 1.62. The van der Waals surface area contributed by atoms with Crippen LogP contribution in [-0.4, -0.2) is 16.2 Å². The highest BCUT2D eigenvalue weighted by atomic mass is 19.1. The van der Waals surface area contributed by atoms with E-state index >= 15 is 0 Å². The second-order valence-electron chi connectivity index (χ2n) is 3.73. The summed E-state index contributed by atoms with van der Waals surface area (Å²) in [6.07, 6.45) is 0. The highest BCUT2D eigenvalue weighted by Crippen LogP contribution is 2.26. The lowest BCUT2D eigenvalue weighted by molar-refractivity contribution is 0.0696. The Morgan fingerprint density at radius 3 is 2.00 bits per heavy atom. The molecule has 18 heavy (non-hydrogen) atoms. The van der Waals surface area contributed by atoms with Gasteiger partial charge in [-0.15, -0.1) is 0 Å². The van der Waals surface area contributed by atoms with Crippen LogP contribution in [0.1, 0.15) is 10.4 Å². The van der Waals surface area contributed by atoms with E-state index in [0.29, 0.717) is 6.07 Å². The molecule has 0 bridgehead atoms. The van der Waals surface area contributed by atoms with Crippen molar-refractivity contribution in [3.63, 3.8) is 0 Å². The first-order valence-electron chi connectivity index (χ1n) is 4.99. The van der Waals surface area contributed by atoms with E-state index in [-0.39, 0.29) is 22.4 Å². The van der Waals surface area contributed by atoms with E-state index in [1.165, 1.54) is 12.1 Å². The molecule has 0 heterocycles. The molecule has 2 N–H and O–H groups in total. The number of phenolic OH excluding ortho intramolecular Hbond substituents is 1. The third-order valence-electron chi connectivity index (χ3n) is 2.36. The molecule has 0 aliphatic rings. The zero-order chi connectivity index (χ0) is 13.3. The zero-order valence-electron chi connectivity index (χ0n) is 9.02. The van der Waals surface area contributed by atoms with Crippen molar-refractivity contribution in [2.75, 3.05) is 0 Å². The zero-order valence-corrected chi connectivity index (χ0v) is 9.02. The number of rotatable bonds is 2. The Kier molecular flexibility index (Phi) is 2.97. The summed E-state index contributed by atoms with van der Waals surface area (Å²) in [7, 11) is 0. The second-order valence-corrected chi connectivity index (χ2v) is 3.73. The van der Waals surface area contributed by atoms with Crippen molar-refractivity contribution in [3.8, 4) is 16.9 Å². The van der Waals surface area contributed by atoms with Crippen molar-refractivity contribution < 1.29 is 23.8 Å². The van der Waals surface area contributed by atoms with Crippen molar-refractivity contribution in [2.45, 2.75) is 0 Å². The van der Waals surface area contributed by atoms with Gasteiger partial charge < -0.3 is 10.2 Å². The first-order chi connectivity index (χ1) is 8.45. The van der Waals surface area contributed by atoms with Gasteiger partial charge in [-0.1, -0.05) is 0 Å². The van der Waals surface area contributed by atoms with Crippen LogP contribution in [0.4, 0.5) is 8.78 Å². The number of hydrogen-bond donors (Lipinski definition) is 2. The Hall–Kier alpha value is -2.43. The summed E-state index contributed by atoms with van der Waals surface area (Å²) in [4.78, 5) is 10.8. The molecule has 0 saturated carbocycles. The molecule has 0 fully saturated rings. The van der Waals surface area contributed by atoms with Gasteiger partial charge in [0.05, 0.1) is 5.56 Å². The van der Waals surface area contributed by atoms with E-state index in [2.05, 4.69) is 0 Å². The molecule has 0 spiro atoms. The third kappa shape index (κ3) is 2.45. The Morgan fingerprint density at radius 2 is 1.44 bits per heavy atom. The lowest BCUT2D eigenvalue weighted by atomic mass is 10.0. The molecule has 0 unspecified atom stereocenters. The lowest BCUT2D eigenvalue weighted by Gasteiger charge is -2.05. The van der Waals surface area contributed by atoms with Crippen LogP contribution in [0, 0.1) is 11.6 Å². The van der Waals surface area contributed by atoms with Crippen LogP contribution in [0.15, 0.2) is 36.4 Å². The molecule has 0 atom stereocenters. The maximum absolute atomic E-state index is 13.1. The number of aromatic carboxylic acids is 1. The molecule has 92 valence electrons. The van der Waals surface area contributed by atoms with Crippen molar-refractivity contribution in [1.29, 1.82) is 0 Å². The van der Waals surface area contributed by atoms with Crippen molar-refractivity contribution in [1.82, 2.24) is 0 Å². The number of carbonyl (C=O) groups is 1. The second kappa shape index (κ2) is 4.44. The quantitative estimate of drug-likeness (QED) is 0.861. The van der Waals surface area contributed by atoms with E-state index in [4.69, 9.17) is 5.11 Å². The Bertz CT molecular complexity index is 603. The van der Waals surface area contributed by atoms with Gasteiger partial charge in [-0.05, 0) is 41.5 Å². The van der Waals surface area contributed by atoms with Gasteiger partial charge >= 0.3 is 5.97 Å². The fourth-order valence-electron chi connectivity index (χ4n) is 1.62. The van der Waals surface area contributed by atoms with E-state index in [0.717, 1.165) is 18.2 Å². The maximum Gasteiger partial charge on any atom is 0.335 e. The average Bonchev–Trinajstić information content (AvgIpc) is 2.26. The fraction of sp³-hybridized carbons (Fsp3) is 0. The van der Waals surface area contributed by atoms with Crippen LogP contribution < -0.4 is 0 Å². The van der Waals surface area contributed by atoms with Gasteiger partial charge in [-0.3, -0.25) is 0 Å². The minimum absolute atomic E-state index is 0.158. The van der Waals surface area contributed by atoms with Gasteiger partial charge in [-0.2, -0.15) is 0 Å². The number of carboxylic acids is 1. The number of hydrogen-bond acceptors (Lipinski definition) is 2. The van der Waals surface area contributed by atoms with E-state index < -0.39 is 17.6 Å². The molecular weight excluding hydrogens is 242 g/mol. The number of phenols is 1. The summed E-state index contributed by atoms with van der Waals surface area (Å²) in [5.74, 6) is -3.06. The van der Waals surface area contributed by atoms with Crippen LogP contribution in [0.3, 0.4) is 0 Å². The molecule has 5 heteroatoms. The molecule has 2 rings (SSSR count). The van der Waals surface area contributed by atoms with Gasteiger partial charge in [-0.25, -0.2) is 13.6 Å². The van der Waals surface area contributed by atoms with Crippen molar-refractivity contribution >= 4 is 5.97 Å². The molecule has 2 aromatic rings. The van der Waals surface area contributed by atoms with Crippen molar-refractivity contribution in [3.05, 3.63) is 53.6 Å². The summed E-state index contributed by atoms with van der Waals surface area (Å²) < 4.78 is 26.1. The summed E-state index contributed by atoms with van der Waals surface area (Å²) in [6, 6.07) is 6.36. The maximum atomic E-state index is 13.1. The molecule has 0 aliphatic carbocycles. The van der Waals surface area contributed by atoms with E-state index in [1.807, 2.05) is 0 Å². The predicted molar refractivity (Wildman–Crippen MR) is 60.4 cm³/mol. The Labute approximate surface area is 101 Å². The molecule has 2 aromatic carbocycles. The van der Waals surface area contributed by atoms with Crippen LogP contribution in [-0.2, 0) is 0 Å². The molecule has 0 aromatic heterocycles. The Morgan fingerprint density at radius 1 is 0.889 bits per heavy atom. The molecule has 0 amide bonds.